The van der Waals surface area contributed by atoms with Gasteiger partial charge < -0.3 is 15.4 Å². The molecule has 0 aliphatic rings. The molecule has 0 aliphatic heterocycles. The molecule has 3 rings (SSSR count). The van der Waals surface area contributed by atoms with Crippen LogP contribution in [0.3, 0.4) is 0 Å². The average Bonchev–Trinajstić information content (AvgIpc) is 2.82. The van der Waals surface area contributed by atoms with Gasteiger partial charge >= 0.3 is 0 Å². The van der Waals surface area contributed by atoms with Crippen LogP contribution in [0.4, 0.5) is 5.69 Å². The monoisotopic (exact) mass is 481 g/mol. The van der Waals surface area contributed by atoms with Crippen LogP contribution in [0.5, 0.6) is 5.75 Å². The van der Waals surface area contributed by atoms with Gasteiger partial charge in [0.2, 0.25) is 21.8 Å². The summed E-state index contributed by atoms with van der Waals surface area (Å²) in [6.45, 7) is 3.40. The molecular formula is C25H27N3O5S. The maximum atomic E-state index is 12.6. The van der Waals surface area contributed by atoms with Crippen LogP contribution in [0.15, 0.2) is 83.8 Å². The van der Waals surface area contributed by atoms with E-state index in [1.165, 1.54) is 38.1 Å². The molecule has 9 heteroatoms. The van der Waals surface area contributed by atoms with Crippen LogP contribution >= 0.6 is 0 Å². The second-order valence-corrected chi connectivity index (χ2v) is 9.36. The largest absolute Gasteiger partial charge is 0.489 e. The first-order chi connectivity index (χ1) is 16.2. The van der Waals surface area contributed by atoms with Crippen molar-refractivity contribution in [1.82, 2.24) is 10.0 Å². The zero-order valence-corrected chi connectivity index (χ0v) is 19.8. The maximum Gasteiger partial charge on any atom is 0.241 e. The lowest BCUT2D eigenvalue weighted by molar-refractivity contribution is -0.122. The lowest BCUT2D eigenvalue weighted by Crippen LogP contribution is -2.44. The Morgan fingerprint density at radius 3 is 2.24 bits per heavy atom. The second kappa shape index (κ2) is 11.4. The van der Waals surface area contributed by atoms with Gasteiger partial charge in [0.15, 0.2) is 0 Å². The molecule has 3 N–H and O–H groups in total. The van der Waals surface area contributed by atoms with E-state index >= 15 is 0 Å². The van der Waals surface area contributed by atoms with Crippen LogP contribution < -0.4 is 20.1 Å². The van der Waals surface area contributed by atoms with Crippen LogP contribution in [0.25, 0.3) is 0 Å². The second-order valence-electron chi connectivity index (χ2n) is 7.65. The number of rotatable bonds is 10. The minimum atomic E-state index is -3.93. The fraction of sp³-hybridized carbons (Fsp3) is 0.200. The molecule has 0 unspecified atom stereocenters. The molecule has 0 fully saturated rings. The van der Waals surface area contributed by atoms with Gasteiger partial charge in [-0.1, -0.05) is 48.5 Å². The number of ether oxygens (including phenoxy) is 1. The quantitative estimate of drug-likeness (QED) is 0.412. The van der Waals surface area contributed by atoms with Crippen LogP contribution in [0.1, 0.15) is 25.0 Å². The zero-order valence-electron chi connectivity index (χ0n) is 18.9. The van der Waals surface area contributed by atoms with E-state index in [1.54, 1.807) is 0 Å². The first-order valence-corrected chi connectivity index (χ1v) is 12.2. The van der Waals surface area contributed by atoms with Gasteiger partial charge in [-0.25, -0.2) is 8.42 Å². The highest BCUT2D eigenvalue weighted by atomic mass is 32.2. The van der Waals surface area contributed by atoms with Crippen molar-refractivity contribution in [3.05, 3.63) is 90.0 Å². The van der Waals surface area contributed by atoms with E-state index < -0.39 is 22.0 Å². The SMILES string of the molecule is CC(=O)Nc1ccc(S(=O)(=O)N[C@@H](C)C(=O)NCc2ccccc2OCc2ccccc2)cc1. The fourth-order valence-electron chi connectivity index (χ4n) is 3.14. The van der Waals surface area contributed by atoms with Gasteiger partial charge in [-0.3, -0.25) is 9.59 Å². The topological polar surface area (TPSA) is 114 Å². The summed E-state index contributed by atoms with van der Waals surface area (Å²) in [7, 11) is -3.93. The first kappa shape index (κ1) is 24.9. The molecule has 0 heterocycles. The first-order valence-electron chi connectivity index (χ1n) is 10.7. The van der Waals surface area contributed by atoms with Crippen LogP contribution in [0, 0.1) is 0 Å². The molecule has 0 spiro atoms. The summed E-state index contributed by atoms with van der Waals surface area (Å²) in [5.41, 5.74) is 2.27. The van der Waals surface area contributed by atoms with Gasteiger partial charge in [0.25, 0.3) is 0 Å². The third kappa shape index (κ3) is 7.16. The molecule has 178 valence electrons. The third-order valence-corrected chi connectivity index (χ3v) is 6.43. The summed E-state index contributed by atoms with van der Waals surface area (Å²) in [6.07, 6.45) is 0. The molecule has 3 aromatic carbocycles. The summed E-state index contributed by atoms with van der Waals surface area (Å²) in [4.78, 5) is 23.7. The van der Waals surface area contributed by atoms with Crippen LogP contribution in [0.2, 0.25) is 0 Å². The van der Waals surface area contributed by atoms with Crippen LogP contribution in [-0.4, -0.2) is 26.3 Å². The highest BCUT2D eigenvalue weighted by molar-refractivity contribution is 7.89. The lowest BCUT2D eigenvalue weighted by atomic mass is 10.2. The minimum Gasteiger partial charge on any atom is -0.489 e. The number of carbonyl (C=O) groups is 2. The summed E-state index contributed by atoms with van der Waals surface area (Å²) in [6, 6.07) is 21.8. The Morgan fingerprint density at radius 2 is 1.56 bits per heavy atom. The van der Waals surface area contributed by atoms with E-state index in [1.807, 2.05) is 54.6 Å². The normalized spacial score (nSPS) is 11.9. The highest BCUT2D eigenvalue weighted by Gasteiger charge is 2.22. The van der Waals surface area contributed by atoms with E-state index in [-0.39, 0.29) is 17.3 Å². The molecule has 0 bridgehead atoms. The maximum absolute atomic E-state index is 12.6. The molecule has 0 aromatic heterocycles. The number of carbonyl (C=O) groups excluding carboxylic acids is 2. The van der Waals surface area contributed by atoms with Crippen molar-refractivity contribution in [3.8, 4) is 5.75 Å². The predicted molar refractivity (Wildman–Crippen MR) is 130 cm³/mol. The summed E-state index contributed by atoms with van der Waals surface area (Å²) in [5.74, 6) is -0.0958. The van der Waals surface area contributed by atoms with E-state index in [2.05, 4.69) is 15.4 Å². The number of hydrogen-bond donors (Lipinski definition) is 3. The van der Waals surface area contributed by atoms with Crippen molar-refractivity contribution >= 4 is 27.5 Å². The van der Waals surface area contributed by atoms with Gasteiger partial charge in [0.1, 0.15) is 12.4 Å². The Bertz CT molecular complexity index is 1230. The standard InChI is InChI=1S/C25H27N3O5S/c1-18(28-34(31,32)23-14-12-22(13-15-23)27-19(2)29)25(30)26-16-21-10-6-7-11-24(21)33-17-20-8-4-3-5-9-20/h3-15,18,28H,16-17H2,1-2H3,(H,26,30)(H,27,29)/t18-/m0/s1. The lowest BCUT2D eigenvalue weighted by Gasteiger charge is -2.16. The molecule has 34 heavy (non-hydrogen) atoms. The van der Waals surface area contributed by atoms with Crippen molar-refractivity contribution in [2.45, 2.75) is 37.9 Å². The van der Waals surface area contributed by atoms with Crippen molar-refractivity contribution < 1.29 is 22.7 Å². The van der Waals surface area contributed by atoms with Crippen molar-refractivity contribution in [1.29, 1.82) is 0 Å². The number of hydrogen-bond acceptors (Lipinski definition) is 5. The number of para-hydroxylation sites is 1. The van der Waals surface area contributed by atoms with Gasteiger partial charge in [0, 0.05) is 24.7 Å². The number of benzene rings is 3. The van der Waals surface area contributed by atoms with Crippen LogP contribution in [-0.2, 0) is 32.8 Å². The molecule has 3 aromatic rings. The highest BCUT2D eigenvalue weighted by Crippen LogP contribution is 2.19. The van der Waals surface area contributed by atoms with Gasteiger partial charge in [0.05, 0.1) is 10.9 Å². The third-order valence-electron chi connectivity index (χ3n) is 4.87. The zero-order chi connectivity index (χ0) is 24.6. The Kier molecular flexibility index (Phi) is 8.39. The number of amides is 2. The Balaban J connectivity index is 1.57. The summed E-state index contributed by atoms with van der Waals surface area (Å²) < 4.78 is 33.5. The van der Waals surface area contributed by atoms with Gasteiger partial charge in [-0.2, -0.15) is 4.72 Å². The van der Waals surface area contributed by atoms with E-state index in [0.29, 0.717) is 18.0 Å². The van der Waals surface area contributed by atoms with Crippen molar-refractivity contribution in [2.24, 2.45) is 0 Å². The summed E-state index contributed by atoms with van der Waals surface area (Å²) >= 11 is 0. The van der Waals surface area contributed by atoms with E-state index in [0.717, 1.165) is 11.1 Å². The van der Waals surface area contributed by atoms with Gasteiger partial charge in [-0.15, -0.1) is 0 Å². The molecule has 0 radical (unpaired) electrons. The molecular weight excluding hydrogens is 454 g/mol. The molecule has 2 amide bonds. The minimum absolute atomic E-state index is 0.0130. The Morgan fingerprint density at radius 1 is 0.912 bits per heavy atom. The smallest absolute Gasteiger partial charge is 0.241 e. The number of sulfonamides is 1. The predicted octanol–water partition coefficient (Wildman–Crippen LogP) is 3.21. The molecule has 1 atom stereocenters. The van der Waals surface area contributed by atoms with E-state index in [9.17, 15) is 18.0 Å². The van der Waals surface area contributed by atoms with Gasteiger partial charge in [-0.05, 0) is 42.8 Å². The van der Waals surface area contributed by atoms with Crippen molar-refractivity contribution in [2.75, 3.05) is 5.32 Å². The molecule has 8 nitrogen and oxygen atoms in total. The fourth-order valence-corrected chi connectivity index (χ4v) is 4.34. The summed E-state index contributed by atoms with van der Waals surface area (Å²) in [5, 5.41) is 5.32. The molecule has 0 aliphatic carbocycles. The Labute approximate surface area is 199 Å². The number of anilines is 1. The van der Waals surface area contributed by atoms with Crippen molar-refractivity contribution in [3.63, 3.8) is 0 Å². The number of nitrogens with one attached hydrogen (secondary N) is 3. The molecule has 0 saturated heterocycles. The Hall–Kier alpha value is -3.69. The van der Waals surface area contributed by atoms with E-state index in [4.69, 9.17) is 4.74 Å². The molecule has 0 saturated carbocycles. The average molecular weight is 482 g/mol.